The number of benzene rings is 1. The molecule has 0 aliphatic carbocycles. The van der Waals surface area contributed by atoms with Gasteiger partial charge in [0.2, 0.25) is 0 Å². The maximum absolute atomic E-state index is 11.2. The molecule has 1 aromatic carbocycles. The number of thiol groups is 1. The van der Waals surface area contributed by atoms with Crippen molar-refractivity contribution in [3.05, 3.63) is 27.2 Å². The van der Waals surface area contributed by atoms with Gasteiger partial charge in [-0.25, -0.2) is 4.79 Å². The summed E-state index contributed by atoms with van der Waals surface area (Å²) in [6.07, 6.45) is 0. The molecule has 0 atom stereocenters. The summed E-state index contributed by atoms with van der Waals surface area (Å²) in [5.74, 6) is -0.471. The van der Waals surface area contributed by atoms with Gasteiger partial charge < -0.3 is 4.74 Å². The second kappa shape index (κ2) is 4.35. The fourth-order valence-corrected chi connectivity index (χ4v) is 1.91. The van der Waals surface area contributed by atoms with Gasteiger partial charge in [0, 0.05) is 9.37 Å². The summed E-state index contributed by atoms with van der Waals surface area (Å²) in [4.78, 5) is 11.8. The second-order valence-corrected chi connectivity index (χ2v) is 4.03. The molecule has 0 radical (unpaired) electrons. The van der Waals surface area contributed by atoms with Crippen LogP contribution in [0.15, 0.2) is 21.5 Å². The first-order valence-corrected chi connectivity index (χ1v) is 4.94. The number of hydrogen-bond donors (Lipinski definition) is 1. The lowest BCUT2D eigenvalue weighted by molar-refractivity contribution is 0.0600. The van der Waals surface area contributed by atoms with Gasteiger partial charge in [-0.1, -0.05) is 11.6 Å². The molecular weight excluding hydrogens is 276 g/mol. The molecule has 1 aromatic rings. The molecular formula is C8H6BrClO2S. The molecule has 0 amide bonds. The molecule has 0 fully saturated rings. The lowest BCUT2D eigenvalue weighted by Gasteiger charge is -2.04. The molecule has 0 aliphatic heterocycles. The van der Waals surface area contributed by atoms with Gasteiger partial charge >= 0.3 is 5.97 Å². The number of carbonyl (C=O) groups excluding carboxylic acids is 1. The SMILES string of the molecule is COC(=O)c1cc(S)cc(Br)c1Cl. The topological polar surface area (TPSA) is 26.3 Å². The van der Waals surface area contributed by atoms with E-state index in [1.807, 2.05) is 0 Å². The Kier molecular flexibility index (Phi) is 3.64. The Labute approximate surface area is 94.8 Å². The van der Waals surface area contributed by atoms with E-state index >= 15 is 0 Å². The van der Waals surface area contributed by atoms with Crippen LogP contribution in [0.1, 0.15) is 10.4 Å². The van der Waals surface area contributed by atoms with Gasteiger partial charge in [0.05, 0.1) is 17.7 Å². The second-order valence-electron chi connectivity index (χ2n) is 2.28. The molecule has 0 saturated heterocycles. The van der Waals surface area contributed by atoms with Gasteiger partial charge in [-0.3, -0.25) is 0 Å². The summed E-state index contributed by atoms with van der Waals surface area (Å²) in [7, 11) is 1.30. The molecule has 70 valence electrons. The monoisotopic (exact) mass is 280 g/mol. The molecule has 0 spiro atoms. The Morgan fingerprint density at radius 2 is 2.23 bits per heavy atom. The van der Waals surface area contributed by atoms with Crippen molar-refractivity contribution < 1.29 is 9.53 Å². The van der Waals surface area contributed by atoms with Crippen LogP contribution in [0.5, 0.6) is 0 Å². The van der Waals surface area contributed by atoms with Crippen LogP contribution in [-0.2, 0) is 4.74 Å². The van der Waals surface area contributed by atoms with Crippen molar-refractivity contribution in [2.24, 2.45) is 0 Å². The van der Waals surface area contributed by atoms with Crippen LogP contribution >= 0.6 is 40.2 Å². The van der Waals surface area contributed by atoms with E-state index < -0.39 is 5.97 Å². The van der Waals surface area contributed by atoms with Gasteiger partial charge in [0.15, 0.2) is 0 Å². The minimum Gasteiger partial charge on any atom is -0.465 e. The Morgan fingerprint density at radius 1 is 1.62 bits per heavy atom. The quantitative estimate of drug-likeness (QED) is 0.632. The maximum atomic E-state index is 11.2. The van der Waals surface area contributed by atoms with Crippen molar-refractivity contribution in [2.75, 3.05) is 7.11 Å². The molecule has 0 aliphatic rings. The third-order valence-corrected chi connectivity index (χ3v) is 2.94. The molecule has 0 unspecified atom stereocenters. The zero-order chi connectivity index (χ0) is 10.0. The fourth-order valence-electron chi connectivity index (χ4n) is 0.833. The van der Waals surface area contributed by atoms with Crippen LogP contribution in [0.3, 0.4) is 0 Å². The Balaban J connectivity index is 3.28. The summed E-state index contributed by atoms with van der Waals surface area (Å²) in [6, 6.07) is 3.26. The Morgan fingerprint density at radius 3 is 2.77 bits per heavy atom. The van der Waals surface area contributed by atoms with E-state index in [0.29, 0.717) is 20.0 Å². The van der Waals surface area contributed by atoms with E-state index in [4.69, 9.17) is 11.6 Å². The number of halogens is 2. The number of carbonyl (C=O) groups is 1. The van der Waals surface area contributed by atoms with Crippen molar-refractivity contribution in [3.8, 4) is 0 Å². The van der Waals surface area contributed by atoms with Crippen LogP contribution in [0.2, 0.25) is 5.02 Å². The molecule has 0 N–H and O–H groups in total. The highest BCUT2D eigenvalue weighted by Crippen LogP contribution is 2.29. The highest BCUT2D eigenvalue weighted by molar-refractivity contribution is 9.10. The standard InChI is InChI=1S/C8H6BrClO2S/c1-12-8(11)5-2-4(13)3-6(9)7(5)10/h2-3,13H,1H3. The van der Waals surface area contributed by atoms with Gasteiger partial charge in [-0.05, 0) is 28.1 Å². The average molecular weight is 282 g/mol. The highest BCUT2D eigenvalue weighted by Gasteiger charge is 2.13. The minimum atomic E-state index is -0.471. The van der Waals surface area contributed by atoms with Crippen molar-refractivity contribution in [1.29, 1.82) is 0 Å². The van der Waals surface area contributed by atoms with E-state index in [2.05, 4.69) is 33.3 Å². The Hall–Kier alpha value is -0.190. The Bertz CT molecular complexity index is 354. The van der Waals surface area contributed by atoms with E-state index in [-0.39, 0.29) is 0 Å². The van der Waals surface area contributed by atoms with Gasteiger partial charge in [0.1, 0.15) is 0 Å². The zero-order valence-corrected chi connectivity index (χ0v) is 9.91. The van der Waals surface area contributed by atoms with Crippen LogP contribution in [0.4, 0.5) is 0 Å². The smallest absolute Gasteiger partial charge is 0.339 e. The summed E-state index contributed by atoms with van der Waals surface area (Å²) < 4.78 is 5.18. The number of methoxy groups -OCH3 is 1. The first-order valence-electron chi connectivity index (χ1n) is 3.32. The number of hydrogen-bond acceptors (Lipinski definition) is 3. The lowest BCUT2D eigenvalue weighted by atomic mass is 10.2. The van der Waals surface area contributed by atoms with Crippen LogP contribution in [0, 0.1) is 0 Å². The molecule has 13 heavy (non-hydrogen) atoms. The molecule has 5 heteroatoms. The maximum Gasteiger partial charge on any atom is 0.339 e. The number of esters is 1. The fraction of sp³-hybridized carbons (Fsp3) is 0.125. The third kappa shape index (κ3) is 2.39. The summed E-state index contributed by atoms with van der Waals surface area (Å²) in [5.41, 5.74) is 0.309. The minimum absolute atomic E-state index is 0.309. The first-order chi connectivity index (χ1) is 6.06. The number of rotatable bonds is 1. The largest absolute Gasteiger partial charge is 0.465 e. The van der Waals surface area contributed by atoms with E-state index in [1.165, 1.54) is 7.11 Å². The van der Waals surface area contributed by atoms with E-state index in [9.17, 15) is 4.79 Å². The van der Waals surface area contributed by atoms with Gasteiger partial charge in [-0.15, -0.1) is 12.6 Å². The predicted octanol–water partition coefficient (Wildman–Crippen LogP) is 3.18. The van der Waals surface area contributed by atoms with Crippen LogP contribution < -0.4 is 0 Å². The molecule has 2 nitrogen and oxygen atoms in total. The molecule has 1 rings (SSSR count). The zero-order valence-electron chi connectivity index (χ0n) is 6.67. The number of ether oxygens (including phenoxy) is 1. The van der Waals surface area contributed by atoms with E-state index in [0.717, 1.165) is 0 Å². The van der Waals surface area contributed by atoms with E-state index in [1.54, 1.807) is 12.1 Å². The van der Waals surface area contributed by atoms with Crippen molar-refractivity contribution in [2.45, 2.75) is 4.90 Å². The summed E-state index contributed by atoms with van der Waals surface area (Å²) in [5, 5.41) is 0.338. The highest BCUT2D eigenvalue weighted by atomic mass is 79.9. The van der Waals surface area contributed by atoms with Crippen LogP contribution in [-0.4, -0.2) is 13.1 Å². The van der Waals surface area contributed by atoms with Gasteiger partial charge in [0.25, 0.3) is 0 Å². The average Bonchev–Trinajstić information content (AvgIpc) is 2.10. The normalized spacial score (nSPS) is 9.85. The first kappa shape index (κ1) is 10.9. The van der Waals surface area contributed by atoms with Crippen molar-refractivity contribution in [1.82, 2.24) is 0 Å². The van der Waals surface area contributed by atoms with Crippen molar-refractivity contribution >= 4 is 46.1 Å². The van der Waals surface area contributed by atoms with Crippen LogP contribution in [0.25, 0.3) is 0 Å². The van der Waals surface area contributed by atoms with Crippen molar-refractivity contribution in [3.63, 3.8) is 0 Å². The third-order valence-electron chi connectivity index (χ3n) is 1.42. The molecule has 0 saturated carbocycles. The summed E-state index contributed by atoms with van der Waals surface area (Å²) in [6.45, 7) is 0. The predicted molar refractivity (Wildman–Crippen MR) is 57.7 cm³/mol. The molecule has 0 heterocycles. The summed E-state index contributed by atoms with van der Waals surface area (Å²) >= 11 is 13.2. The molecule has 0 aromatic heterocycles. The van der Waals surface area contributed by atoms with Gasteiger partial charge in [-0.2, -0.15) is 0 Å². The molecule has 0 bridgehead atoms. The lowest BCUT2D eigenvalue weighted by Crippen LogP contribution is -2.02.